The Morgan fingerprint density at radius 2 is 2.05 bits per heavy atom. The van der Waals surface area contributed by atoms with Crippen LogP contribution in [0.3, 0.4) is 0 Å². The van der Waals surface area contributed by atoms with Crippen LogP contribution in [0.5, 0.6) is 11.5 Å². The Hall–Kier alpha value is -1.52. The minimum absolute atomic E-state index is 0.666. The Morgan fingerprint density at radius 1 is 1.25 bits per heavy atom. The van der Waals surface area contributed by atoms with Gasteiger partial charge in [-0.25, -0.2) is 0 Å². The van der Waals surface area contributed by atoms with Gasteiger partial charge in [0.05, 0.1) is 20.3 Å². The van der Waals surface area contributed by atoms with Gasteiger partial charge in [-0.15, -0.1) is 0 Å². The van der Waals surface area contributed by atoms with Gasteiger partial charge in [-0.1, -0.05) is 18.2 Å². The third-order valence-corrected chi connectivity index (χ3v) is 3.32. The van der Waals surface area contributed by atoms with Gasteiger partial charge in [-0.2, -0.15) is 0 Å². The Labute approximate surface area is 120 Å². The summed E-state index contributed by atoms with van der Waals surface area (Å²) in [6, 6.07) is 5.99. The summed E-state index contributed by atoms with van der Waals surface area (Å²) in [5.41, 5.74) is 1.12. The molecule has 0 unspecified atom stereocenters. The molecule has 1 saturated heterocycles. The molecule has 1 heterocycles. The first-order valence-electron chi connectivity index (χ1n) is 7.07. The lowest BCUT2D eigenvalue weighted by atomic mass is 10.2. The van der Waals surface area contributed by atoms with Crippen molar-refractivity contribution in [2.75, 3.05) is 46.6 Å². The van der Waals surface area contributed by atoms with E-state index in [1.165, 1.54) is 0 Å². The van der Waals surface area contributed by atoms with Gasteiger partial charge in [0.2, 0.25) is 0 Å². The summed E-state index contributed by atoms with van der Waals surface area (Å²) in [6.07, 6.45) is 4.05. The zero-order valence-corrected chi connectivity index (χ0v) is 12.3. The fourth-order valence-electron chi connectivity index (χ4n) is 2.21. The second-order valence-electron chi connectivity index (χ2n) is 4.71. The molecule has 1 aromatic rings. The van der Waals surface area contributed by atoms with E-state index in [0.717, 1.165) is 49.9 Å². The molecule has 4 nitrogen and oxygen atoms in total. The van der Waals surface area contributed by atoms with Crippen LogP contribution in [0.1, 0.15) is 12.5 Å². The summed E-state index contributed by atoms with van der Waals surface area (Å²) in [4.78, 5) is 2.35. The molecular formula is C16H23NO3. The number of benzene rings is 1. The van der Waals surface area contributed by atoms with Crippen LogP contribution >= 0.6 is 0 Å². The van der Waals surface area contributed by atoms with Crippen molar-refractivity contribution in [1.82, 2.24) is 4.90 Å². The molecule has 0 N–H and O–H groups in total. The fourth-order valence-corrected chi connectivity index (χ4v) is 2.21. The largest absolute Gasteiger partial charge is 0.493 e. The van der Waals surface area contributed by atoms with Crippen LogP contribution in [0.2, 0.25) is 0 Å². The summed E-state index contributed by atoms with van der Waals surface area (Å²) >= 11 is 0. The first-order valence-corrected chi connectivity index (χ1v) is 7.07. The highest BCUT2D eigenvalue weighted by atomic mass is 16.5. The van der Waals surface area contributed by atoms with Gasteiger partial charge in [0.1, 0.15) is 6.61 Å². The van der Waals surface area contributed by atoms with Crippen molar-refractivity contribution in [3.05, 3.63) is 29.8 Å². The summed E-state index contributed by atoms with van der Waals surface area (Å²) < 4.78 is 16.5. The molecule has 0 radical (unpaired) electrons. The van der Waals surface area contributed by atoms with Crippen LogP contribution in [-0.4, -0.2) is 51.5 Å². The van der Waals surface area contributed by atoms with Gasteiger partial charge in [0.25, 0.3) is 0 Å². The molecule has 0 bridgehead atoms. The fraction of sp³-hybridized carbons (Fsp3) is 0.500. The lowest BCUT2D eigenvalue weighted by Gasteiger charge is -2.26. The Kier molecular flexibility index (Phi) is 5.89. The maximum Gasteiger partial charge on any atom is 0.161 e. The molecule has 4 heteroatoms. The van der Waals surface area contributed by atoms with E-state index in [1.54, 1.807) is 7.11 Å². The SMILES string of the molecule is C/C=C/c1ccc(OCCN2CCOCC2)c(OC)c1. The normalized spacial score (nSPS) is 16.5. The maximum atomic E-state index is 5.83. The van der Waals surface area contributed by atoms with Crippen LogP contribution in [0.25, 0.3) is 6.08 Å². The van der Waals surface area contributed by atoms with E-state index < -0.39 is 0 Å². The van der Waals surface area contributed by atoms with Gasteiger partial charge in [-0.3, -0.25) is 4.90 Å². The topological polar surface area (TPSA) is 30.9 Å². The molecule has 1 aromatic carbocycles. The number of hydrogen-bond donors (Lipinski definition) is 0. The Bertz CT molecular complexity index is 439. The molecule has 0 saturated carbocycles. The zero-order valence-electron chi connectivity index (χ0n) is 12.3. The summed E-state index contributed by atoms with van der Waals surface area (Å²) in [5.74, 6) is 1.58. The monoisotopic (exact) mass is 277 g/mol. The highest BCUT2D eigenvalue weighted by Crippen LogP contribution is 2.28. The predicted molar refractivity (Wildman–Crippen MR) is 80.5 cm³/mol. The van der Waals surface area contributed by atoms with E-state index in [-0.39, 0.29) is 0 Å². The number of hydrogen-bond acceptors (Lipinski definition) is 4. The molecule has 0 aromatic heterocycles. The highest BCUT2D eigenvalue weighted by molar-refractivity contribution is 5.55. The second kappa shape index (κ2) is 7.92. The minimum atomic E-state index is 0.666. The highest BCUT2D eigenvalue weighted by Gasteiger charge is 2.10. The molecular weight excluding hydrogens is 254 g/mol. The van der Waals surface area contributed by atoms with Crippen molar-refractivity contribution < 1.29 is 14.2 Å². The summed E-state index contributed by atoms with van der Waals surface area (Å²) in [6.45, 7) is 7.20. The Morgan fingerprint density at radius 3 is 2.75 bits per heavy atom. The van der Waals surface area contributed by atoms with Gasteiger partial charge >= 0.3 is 0 Å². The molecule has 2 rings (SSSR count). The van der Waals surface area contributed by atoms with E-state index in [0.29, 0.717) is 6.61 Å². The van der Waals surface area contributed by atoms with Gasteiger partial charge < -0.3 is 14.2 Å². The third kappa shape index (κ3) is 4.25. The lowest BCUT2D eigenvalue weighted by Crippen LogP contribution is -2.38. The average molecular weight is 277 g/mol. The molecule has 1 aliphatic rings. The third-order valence-electron chi connectivity index (χ3n) is 3.32. The molecule has 1 fully saturated rings. The molecule has 0 spiro atoms. The first kappa shape index (κ1) is 14.9. The Balaban J connectivity index is 1.88. The van der Waals surface area contributed by atoms with Crippen LogP contribution in [0.4, 0.5) is 0 Å². The van der Waals surface area contributed by atoms with Crippen molar-refractivity contribution in [3.8, 4) is 11.5 Å². The van der Waals surface area contributed by atoms with Crippen LogP contribution in [0, 0.1) is 0 Å². The van der Waals surface area contributed by atoms with Crippen molar-refractivity contribution in [3.63, 3.8) is 0 Å². The second-order valence-corrected chi connectivity index (χ2v) is 4.71. The number of ether oxygens (including phenoxy) is 3. The predicted octanol–water partition coefficient (Wildman–Crippen LogP) is 2.44. The lowest BCUT2D eigenvalue weighted by molar-refractivity contribution is 0.0321. The van der Waals surface area contributed by atoms with Crippen molar-refractivity contribution in [2.24, 2.45) is 0 Å². The summed E-state index contributed by atoms with van der Waals surface area (Å²) in [5, 5.41) is 0. The number of nitrogens with zero attached hydrogens (tertiary/aromatic N) is 1. The molecule has 110 valence electrons. The summed E-state index contributed by atoms with van der Waals surface area (Å²) in [7, 11) is 1.67. The van der Waals surface area contributed by atoms with Gasteiger partial charge in [-0.05, 0) is 24.6 Å². The standard InChI is InChI=1S/C16H23NO3/c1-3-4-14-5-6-15(16(13-14)18-2)20-12-9-17-7-10-19-11-8-17/h3-6,13H,7-12H2,1-2H3/b4-3+. The quantitative estimate of drug-likeness (QED) is 0.799. The number of rotatable bonds is 6. The van der Waals surface area contributed by atoms with Gasteiger partial charge in [0.15, 0.2) is 11.5 Å². The number of allylic oxidation sites excluding steroid dienone is 1. The van der Waals surface area contributed by atoms with Crippen molar-refractivity contribution in [1.29, 1.82) is 0 Å². The molecule has 20 heavy (non-hydrogen) atoms. The zero-order chi connectivity index (χ0) is 14.2. The van der Waals surface area contributed by atoms with Crippen LogP contribution in [-0.2, 0) is 4.74 Å². The van der Waals surface area contributed by atoms with E-state index in [1.807, 2.05) is 37.3 Å². The van der Waals surface area contributed by atoms with Crippen LogP contribution < -0.4 is 9.47 Å². The first-order chi connectivity index (χ1) is 9.83. The van der Waals surface area contributed by atoms with E-state index >= 15 is 0 Å². The molecule has 1 aliphatic heterocycles. The molecule has 0 aliphatic carbocycles. The number of methoxy groups -OCH3 is 1. The average Bonchev–Trinajstić information content (AvgIpc) is 2.50. The van der Waals surface area contributed by atoms with Crippen molar-refractivity contribution >= 4 is 6.08 Å². The van der Waals surface area contributed by atoms with Crippen molar-refractivity contribution in [2.45, 2.75) is 6.92 Å². The molecule has 0 atom stereocenters. The van der Waals surface area contributed by atoms with E-state index in [9.17, 15) is 0 Å². The smallest absolute Gasteiger partial charge is 0.161 e. The minimum Gasteiger partial charge on any atom is -0.493 e. The number of morpholine rings is 1. The van der Waals surface area contributed by atoms with Crippen LogP contribution in [0.15, 0.2) is 24.3 Å². The van der Waals surface area contributed by atoms with E-state index in [2.05, 4.69) is 4.90 Å². The maximum absolute atomic E-state index is 5.83. The van der Waals surface area contributed by atoms with Gasteiger partial charge in [0, 0.05) is 19.6 Å². The van der Waals surface area contributed by atoms with E-state index in [4.69, 9.17) is 14.2 Å². The molecule has 0 amide bonds.